The molecule has 12 heteroatoms. The SMILES string of the molecule is CCCS(=O)(=O)Nc1ccc(F)c(C(=O)Nc2cnc3cc(C4CCOC4)nn3c2)c1F. The molecule has 0 aliphatic carbocycles. The molecule has 1 unspecified atom stereocenters. The van der Waals surface area contributed by atoms with Gasteiger partial charge in [-0.1, -0.05) is 6.92 Å². The van der Waals surface area contributed by atoms with E-state index in [1.165, 1.54) is 16.9 Å². The molecule has 0 bridgehead atoms. The number of hydrogen-bond acceptors (Lipinski definition) is 6. The summed E-state index contributed by atoms with van der Waals surface area (Å²) in [4.78, 5) is 16.8. The van der Waals surface area contributed by atoms with Crippen molar-refractivity contribution in [2.24, 2.45) is 0 Å². The second kappa shape index (κ2) is 8.79. The number of halogens is 2. The Balaban J connectivity index is 1.58. The fraction of sp³-hybridized carbons (Fsp3) is 0.350. The maximum atomic E-state index is 14.8. The van der Waals surface area contributed by atoms with Gasteiger partial charge in [-0.25, -0.2) is 26.7 Å². The van der Waals surface area contributed by atoms with Gasteiger partial charge in [0, 0.05) is 18.6 Å². The Bertz CT molecular complexity index is 1270. The highest BCUT2D eigenvalue weighted by Crippen LogP contribution is 2.26. The second-order valence-electron chi connectivity index (χ2n) is 7.43. The number of nitrogens with zero attached hydrogens (tertiary/aromatic N) is 3. The van der Waals surface area contributed by atoms with Crippen LogP contribution in [0, 0.1) is 11.6 Å². The van der Waals surface area contributed by atoms with Crippen LogP contribution in [-0.4, -0.2) is 47.9 Å². The number of fused-ring (bicyclic) bond motifs is 1. The van der Waals surface area contributed by atoms with E-state index in [1.54, 1.807) is 6.92 Å². The molecule has 2 aromatic heterocycles. The topological polar surface area (TPSA) is 115 Å². The zero-order valence-electron chi connectivity index (χ0n) is 17.1. The van der Waals surface area contributed by atoms with Gasteiger partial charge in [0.1, 0.15) is 11.4 Å². The number of anilines is 2. The summed E-state index contributed by atoms with van der Waals surface area (Å²) in [5.41, 5.74) is 0.105. The monoisotopic (exact) mass is 465 g/mol. The highest BCUT2D eigenvalue weighted by Gasteiger charge is 2.24. The molecule has 1 fully saturated rings. The summed E-state index contributed by atoms with van der Waals surface area (Å²) in [6, 6.07) is 3.57. The molecule has 3 aromatic rings. The lowest BCUT2D eigenvalue weighted by atomic mass is 10.1. The zero-order chi connectivity index (χ0) is 22.9. The standard InChI is InChI=1S/C20H21F2N5O4S/c1-2-7-32(29,30)26-15-4-3-14(21)18(19(15)22)20(28)24-13-9-23-17-8-16(25-27(17)10-13)12-5-6-31-11-12/h3-4,8-10,12,26H,2,5-7,11H2,1H3,(H,24,28). The van der Waals surface area contributed by atoms with E-state index in [0.29, 0.717) is 25.3 Å². The van der Waals surface area contributed by atoms with Crippen molar-refractivity contribution >= 4 is 33.0 Å². The van der Waals surface area contributed by atoms with Crippen LogP contribution in [0.1, 0.15) is 41.7 Å². The van der Waals surface area contributed by atoms with Gasteiger partial charge < -0.3 is 10.1 Å². The van der Waals surface area contributed by atoms with Crippen LogP contribution in [0.3, 0.4) is 0 Å². The Labute approximate surface area is 182 Å². The molecule has 3 heterocycles. The number of carbonyl (C=O) groups is 1. The van der Waals surface area contributed by atoms with Crippen molar-refractivity contribution < 1.29 is 26.7 Å². The molecule has 32 heavy (non-hydrogen) atoms. The van der Waals surface area contributed by atoms with Gasteiger partial charge in [0.15, 0.2) is 11.5 Å². The lowest BCUT2D eigenvalue weighted by molar-refractivity contribution is 0.101. The average molecular weight is 465 g/mol. The molecular weight excluding hydrogens is 444 g/mol. The summed E-state index contributed by atoms with van der Waals surface area (Å²) in [7, 11) is -3.83. The molecule has 4 rings (SSSR count). The first-order valence-corrected chi connectivity index (χ1v) is 11.7. The summed E-state index contributed by atoms with van der Waals surface area (Å²) >= 11 is 0. The van der Waals surface area contributed by atoms with Crippen LogP contribution < -0.4 is 10.0 Å². The Kier molecular flexibility index (Phi) is 6.07. The van der Waals surface area contributed by atoms with E-state index in [-0.39, 0.29) is 17.4 Å². The van der Waals surface area contributed by atoms with Crippen LogP contribution in [0.25, 0.3) is 5.65 Å². The number of benzene rings is 1. The van der Waals surface area contributed by atoms with Crippen molar-refractivity contribution in [3.05, 3.63) is 53.5 Å². The number of aromatic nitrogens is 3. The fourth-order valence-electron chi connectivity index (χ4n) is 3.45. The van der Waals surface area contributed by atoms with Gasteiger partial charge in [-0.05, 0) is 25.0 Å². The Morgan fingerprint density at radius 1 is 1.34 bits per heavy atom. The minimum Gasteiger partial charge on any atom is -0.381 e. The quantitative estimate of drug-likeness (QED) is 0.555. The number of ether oxygens (including phenoxy) is 1. The predicted molar refractivity (Wildman–Crippen MR) is 113 cm³/mol. The molecule has 1 aliphatic rings. The van der Waals surface area contributed by atoms with Crippen LogP contribution >= 0.6 is 0 Å². The van der Waals surface area contributed by atoms with Gasteiger partial charge in [0.2, 0.25) is 10.0 Å². The summed E-state index contributed by atoms with van der Waals surface area (Å²) in [5, 5.41) is 6.82. The average Bonchev–Trinajstić information content (AvgIpc) is 3.39. The van der Waals surface area contributed by atoms with Gasteiger partial charge in [0.05, 0.1) is 41.8 Å². The molecule has 9 nitrogen and oxygen atoms in total. The summed E-state index contributed by atoms with van der Waals surface area (Å²) in [5.74, 6) is -3.60. The van der Waals surface area contributed by atoms with Crippen LogP contribution in [0.5, 0.6) is 0 Å². The molecule has 2 N–H and O–H groups in total. The third-order valence-corrected chi connectivity index (χ3v) is 6.47. The van der Waals surface area contributed by atoms with Crippen LogP contribution in [0.4, 0.5) is 20.2 Å². The Morgan fingerprint density at radius 3 is 2.88 bits per heavy atom. The van der Waals surface area contributed by atoms with E-state index < -0.39 is 38.8 Å². The fourth-order valence-corrected chi connectivity index (χ4v) is 4.58. The van der Waals surface area contributed by atoms with Crippen LogP contribution in [-0.2, 0) is 14.8 Å². The van der Waals surface area contributed by atoms with Crippen molar-refractivity contribution in [2.45, 2.75) is 25.7 Å². The van der Waals surface area contributed by atoms with E-state index >= 15 is 0 Å². The number of amides is 1. The van der Waals surface area contributed by atoms with E-state index in [4.69, 9.17) is 4.74 Å². The van der Waals surface area contributed by atoms with Crippen molar-refractivity contribution in [2.75, 3.05) is 29.0 Å². The molecule has 0 radical (unpaired) electrons. The Morgan fingerprint density at radius 2 is 2.16 bits per heavy atom. The first kappa shape index (κ1) is 22.1. The zero-order valence-corrected chi connectivity index (χ0v) is 18.0. The van der Waals surface area contributed by atoms with E-state index in [2.05, 4.69) is 15.4 Å². The smallest absolute Gasteiger partial charge is 0.261 e. The minimum absolute atomic E-state index is 0.163. The molecule has 1 saturated heterocycles. The number of nitrogens with one attached hydrogen (secondary N) is 2. The third-order valence-electron chi connectivity index (χ3n) is 4.99. The van der Waals surface area contributed by atoms with Crippen LogP contribution in [0.15, 0.2) is 30.6 Å². The largest absolute Gasteiger partial charge is 0.381 e. The predicted octanol–water partition coefficient (Wildman–Crippen LogP) is 2.92. The van der Waals surface area contributed by atoms with E-state index in [9.17, 15) is 22.0 Å². The second-order valence-corrected chi connectivity index (χ2v) is 9.28. The molecule has 1 atom stereocenters. The first-order valence-electron chi connectivity index (χ1n) is 10.0. The van der Waals surface area contributed by atoms with Crippen molar-refractivity contribution in [1.29, 1.82) is 0 Å². The van der Waals surface area contributed by atoms with Gasteiger partial charge in [-0.2, -0.15) is 5.10 Å². The van der Waals surface area contributed by atoms with E-state index in [0.717, 1.165) is 24.2 Å². The molecule has 0 saturated carbocycles. The summed E-state index contributed by atoms with van der Waals surface area (Å²) < 4.78 is 61.8. The van der Waals surface area contributed by atoms with E-state index in [1.807, 2.05) is 10.8 Å². The Hall–Kier alpha value is -3.12. The minimum atomic E-state index is -3.83. The normalized spacial score (nSPS) is 16.4. The summed E-state index contributed by atoms with van der Waals surface area (Å²) in [6.45, 7) is 2.89. The number of hydrogen-bond donors (Lipinski definition) is 2. The number of sulfonamides is 1. The van der Waals surface area contributed by atoms with Gasteiger partial charge in [0.25, 0.3) is 5.91 Å². The highest BCUT2D eigenvalue weighted by atomic mass is 32.2. The number of rotatable bonds is 7. The maximum absolute atomic E-state index is 14.8. The van der Waals surface area contributed by atoms with Gasteiger partial charge in [-0.15, -0.1) is 0 Å². The highest BCUT2D eigenvalue weighted by molar-refractivity contribution is 7.92. The van der Waals surface area contributed by atoms with Gasteiger partial charge in [-0.3, -0.25) is 9.52 Å². The lowest BCUT2D eigenvalue weighted by Gasteiger charge is -2.12. The first-order chi connectivity index (χ1) is 15.3. The lowest BCUT2D eigenvalue weighted by Crippen LogP contribution is -2.20. The van der Waals surface area contributed by atoms with Gasteiger partial charge >= 0.3 is 0 Å². The summed E-state index contributed by atoms with van der Waals surface area (Å²) in [6.07, 6.45) is 3.98. The third kappa shape index (κ3) is 4.55. The van der Waals surface area contributed by atoms with Crippen molar-refractivity contribution in [3.8, 4) is 0 Å². The molecule has 170 valence electrons. The van der Waals surface area contributed by atoms with Crippen molar-refractivity contribution in [1.82, 2.24) is 14.6 Å². The molecule has 1 aliphatic heterocycles. The van der Waals surface area contributed by atoms with Crippen LogP contribution in [0.2, 0.25) is 0 Å². The molecule has 1 amide bonds. The maximum Gasteiger partial charge on any atom is 0.261 e. The molecular formula is C20H21F2N5O4S. The molecule has 1 aromatic carbocycles. The number of carbonyl (C=O) groups excluding carboxylic acids is 1. The molecule has 0 spiro atoms. The van der Waals surface area contributed by atoms with Crippen molar-refractivity contribution in [3.63, 3.8) is 0 Å².